The number of morpholine rings is 2. The highest BCUT2D eigenvalue weighted by atomic mass is 79.9. The van der Waals surface area contributed by atoms with Crippen molar-refractivity contribution in [3.05, 3.63) is 45.2 Å². The molecule has 0 atom stereocenters. The zero-order valence-electron chi connectivity index (χ0n) is 18.9. The van der Waals surface area contributed by atoms with Crippen LogP contribution in [0.1, 0.15) is 15.2 Å². The zero-order chi connectivity index (χ0) is 23.9. The molecule has 1 aromatic carbocycles. The molecule has 34 heavy (non-hydrogen) atoms. The third kappa shape index (κ3) is 6.19. The number of aliphatic imine (C=N–C) groups is 1. The smallest absolute Gasteiger partial charge is 0.348 e. The van der Waals surface area contributed by atoms with E-state index in [0.717, 1.165) is 66.1 Å². The van der Waals surface area contributed by atoms with Crippen molar-refractivity contribution in [1.29, 1.82) is 0 Å². The number of nitrogens with one attached hydrogen (secondary N) is 1. The zero-order valence-corrected chi connectivity index (χ0v) is 21.3. The van der Waals surface area contributed by atoms with Gasteiger partial charge in [0.1, 0.15) is 9.71 Å². The van der Waals surface area contributed by atoms with Gasteiger partial charge in [0, 0.05) is 41.6 Å². The molecular weight excluding hydrogens is 520 g/mol. The van der Waals surface area contributed by atoms with E-state index < -0.39 is 5.97 Å². The Bertz CT molecular complexity index is 1140. The molecule has 2 N–H and O–H groups in total. The maximum Gasteiger partial charge on any atom is 0.348 e. The third-order valence-corrected chi connectivity index (χ3v) is 7.00. The molecule has 2 aliphatic heterocycles. The standard InChI is InChI=1S/C20H18BrN3O3S.C4H9NO/c1-12-10-15(13-2-4-14(21)5-3-13)23-19-16(12)17(18(28-19)20(25)26)22-11-24-6-8-27-9-7-24;1-3-6-4-2-5-1/h2-5,10-11H,6-9H2,1H3,(H,25,26);5H,1-4H2. The van der Waals surface area contributed by atoms with Crippen molar-refractivity contribution in [1.82, 2.24) is 15.2 Å². The number of halogens is 1. The maximum absolute atomic E-state index is 11.8. The number of hydrogen-bond acceptors (Lipinski definition) is 7. The van der Waals surface area contributed by atoms with Crippen LogP contribution < -0.4 is 5.32 Å². The number of carboxylic acid groups (broad SMARTS) is 1. The van der Waals surface area contributed by atoms with E-state index in [4.69, 9.17) is 14.5 Å². The molecular formula is C24H27BrN4O4S. The van der Waals surface area contributed by atoms with Gasteiger partial charge in [0.2, 0.25) is 0 Å². The van der Waals surface area contributed by atoms with Gasteiger partial charge in [0.15, 0.2) is 0 Å². The Morgan fingerprint density at radius 1 is 1.18 bits per heavy atom. The molecule has 3 aromatic rings. The Morgan fingerprint density at radius 2 is 1.85 bits per heavy atom. The number of carbonyl (C=O) groups is 1. The minimum absolute atomic E-state index is 0.211. The Kier molecular flexibility index (Phi) is 8.63. The first kappa shape index (κ1) is 24.7. The van der Waals surface area contributed by atoms with Gasteiger partial charge in [-0.2, -0.15) is 0 Å². The minimum Gasteiger partial charge on any atom is -0.477 e. The van der Waals surface area contributed by atoms with Crippen LogP contribution in [0, 0.1) is 6.92 Å². The minimum atomic E-state index is -0.985. The van der Waals surface area contributed by atoms with E-state index in [1.54, 1.807) is 6.34 Å². The SMILES string of the molecule is C1COCCN1.Cc1cc(-c2ccc(Br)cc2)nc2sc(C(=O)O)c(N=CN3CCOCC3)c12. The fourth-order valence-electron chi connectivity index (χ4n) is 3.65. The first-order valence-electron chi connectivity index (χ1n) is 11.1. The number of rotatable bonds is 4. The van der Waals surface area contributed by atoms with Crippen LogP contribution in [0.25, 0.3) is 21.5 Å². The monoisotopic (exact) mass is 546 g/mol. The molecule has 180 valence electrons. The number of aryl methyl sites for hydroxylation is 1. The predicted molar refractivity (Wildman–Crippen MR) is 139 cm³/mol. The molecule has 2 aliphatic rings. The first-order chi connectivity index (χ1) is 16.5. The lowest BCUT2D eigenvalue weighted by Crippen LogP contribution is -2.35. The summed E-state index contributed by atoms with van der Waals surface area (Å²) in [4.78, 5) is 24.0. The molecule has 0 bridgehead atoms. The molecule has 2 fully saturated rings. The average Bonchev–Trinajstić information content (AvgIpc) is 3.25. The van der Waals surface area contributed by atoms with Crippen LogP contribution >= 0.6 is 27.3 Å². The fraction of sp³-hybridized carbons (Fsp3) is 0.375. The van der Waals surface area contributed by atoms with Gasteiger partial charge < -0.3 is 24.8 Å². The maximum atomic E-state index is 11.8. The predicted octanol–water partition coefficient (Wildman–Crippen LogP) is 4.33. The largest absolute Gasteiger partial charge is 0.477 e. The van der Waals surface area contributed by atoms with Gasteiger partial charge in [-0.3, -0.25) is 0 Å². The van der Waals surface area contributed by atoms with E-state index in [1.165, 1.54) is 11.3 Å². The summed E-state index contributed by atoms with van der Waals surface area (Å²) in [5, 5.41) is 13.6. The van der Waals surface area contributed by atoms with Crippen molar-refractivity contribution in [3.8, 4) is 11.3 Å². The molecule has 0 saturated carbocycles. The van der Waals surface area contributed by atoms with E-state index in [2.05, 4.69) is 26.2 Å². The molecule has 2 aromatic heterocycles. The number of nitrogens with zero attached hydrogens (tertiary/aromatic N) is 3. The molecule has 2 saturated heterocycles. The molecule has 4 heterocycles. The Balaban J connectivity index is 0.000000398. The second kappa shape index (κ2) is 11.9. The van der Waals surface area contributed by atoms with Gasteiger partial charge in [0.25, 0.3) is 0 Å². The van der Waals surface area contributed by atoms with Crippen molar-refractivity contribution in [3.63, 3.8) is 0 Å². The van der Waals surface area contributed by atoms with Gasteiger partial charge in [-0.1, -0.05) is 28.1 Å². The highest BCUT2D eigenvalue weighted by Crippen LogP contribution is 2.40. The number of ether oxygens (including phenoxy) is 2. The average molecular weight is 547 g/mol. The van der Waals surface area contributed by atoms with Crippen LogP contribution in [-0.2, 0) is 9.47 Å². The summed E-state index contributed by atoms with van der Waals surface area (Å²) >= 11 is 4.61. The van der Waals surface area contributed by atoms with E-state index in [1.807, 2.05) is 42.2 Å². The second-order valence-electron chi connectivity index (χ2n) is 7.85. The summed E-state index contributed by atoms with van der Waals surface area (Å²) in [6.07, 6.45) is 1.72. The molecule has 0 spiro atoms. The molecule has 0 aliphatic carbocycles. The number of hydrogen-bond donors (Lipinski definition) is 2. The molecule has 8 nitrogen and oxygen atoms in total. The molecule has 5 rings (SSSR count). The molecule has 0 radical (unpaired) electrons. The summed E-state index contributed by atoms with van der Waals surface area (Å²) in [7, 11) is 0. The summed E-state index contributed by atoms with van der Waals surface area (Å²) in [6.45, 7) is 8.61. The molecule has 0 unspecified atom stereocenters. The Morgan fingerprint density at radius 3 is 2.44 bits per heavy atom. The van der Waals surface area contributed by atoms with Crippen LogP contribution in [0.4, 0.5) is 5.69 Å². The topological polar surface area (TPSA) is 96.3 Å². The van der Waals surface area contributed by atoms with Gasteiger partial charge in [-0.05, 0) is 30.7 Å². The summed E-state index contributed by atoms with van der Waals surface area (Å²) in [5.41, 5.74) is 3.24. The quantitative estimate of drug-likeness (QED) is 0.371. The van der Waals surface area contributed by atoms with Crippen molar-refractivity contribution in [2.24, 2.45) is 4.99 Å². The van der Waals surface area contributed by atoms with E-state index in [0.29, 0.717) is 23.7 Å². The van der Waals surface area contributed by atoms with E-state index in [-0.39, 0.29) is 4.88 Å². The van der Waals surface area contributed by atoms with Crippen LogP contribution in [-0.4, -0.2) is 79.9 Å². The van der Waals surface area contributed by atoms with E-state index in [9.17, 15) is 9.90 Å². The number of aromatic nitrogens is 1. The van der Waals surface area contributed by atoms with Crippen molar-refractivity contribution in [2.75, 3.05) is 52.6 Å². The van der Waals surface area contributed by atoms with Gasteiger partial charge in [-0.15, -0.1) is 11.3 Å². The molecule has 0 amide bonds. The van der Waals surface area contributed by atoms with Crippen LogP contribution in [0.3, 0.4) is 0 Å². The number of benzene rings is 1. The number of pyridine rings is 1. The summed E-state index contributed by atoms with van der Waals surface area (Å²) in [6, 6.07) is 9.89. The van der Waals surface area contributed by atoms with Gasteiger partial charge in [0.05, 0.1) is 44.1 Å². The number of carboxylic acids is 1. The third-order valence-electron chi connectivity index (χ3n) is 5.41. The summed E-state index contributed by atoms with van der Waals surface area (Å²) in [5.74, 6) is -0.985. The first-order valence-corrected chi connectivity index (χ1v) is 12.7. The second-order valence-corrected chi connectivity index (χ2v) is 9.77. The van der Waals surface area contributed by atoms with E-state index >= 15 is 0 Å². The van der Waals surface area contributed by atoms with Crippen molar-refractivity contribution in [2.45, 2.75) is 6.92 Å². The van der Waals surface area contributed by atoms with Crippen molar-refractivity contribution >= 4 is 55.5 Å². The number of thiophene rings is 1. The normalized spacial score (nSPS) is 16.5. The van der Waals surface area contributed by atoms with Crippen molar-refractivity contribution < 1.29 is 19.4 Å². The highest BCUT2D eigenvalue weighted by molar-refractivity contribution is 9.10. The van der Waals surface area contributed by atoms with Crippen LogP contribution in [0.2, 0.25) is 0 Å². The Labute approximate surface area is 210 Å². The van der Waals surface area contributed by atoms with Crippen LogP contribution in [0.5, 0.6) is 0 Å². The fourth-order valence-corrected chi connectivity index (χ4v) is 4.95. The number of aromatic carboxylic acids is 1. The lowest BCUT2D eigenvalue weighted by molar-refractivity contribution is 0.0696. The Hall–Kier alpha value is -2.37. The highest BCUT2D eigenvalue weighted by Gasteiger charge is 2.21. The lowest BCUT2D eigenvalue weighted by atomic mass is 10.1. The van der Waals surface area contributed by atoms with Gasteiger partial charge in [-0.25, -0.2) is 14.8 Å². The van der Waals surface area contributed by atoms with Crippen LogP contribution in [0.15, 0.2) is 39.8 Å². The van der Waals surface area contributed by atoms with Gasteiger partial charge >= 0.3 is 5.97 Å². The number of fused-ring (bicyclic) bond motifs is 1. The summed E-state index contributed by atoms with van der Waals surface area (Å²) < 4.78 is 11.3. The molecule has 10 heteroatoms. The lowest BCUT2D eigenvalue weighted by Gasteiger charge is -2.24.